The normalized spacial score (nSPS) is 10.8. The van der Waals surface area contributed by atoms with Gasteiger partial charge in [-0.3, -0.25) is 10.1 Å². The fraction of sp³-hybridized carbons (Fsp3) is 0.167. The Labute approximate surface area is 159 Å². The Morgan fingerprint density at radius 2 is 1.89 bits per heavy atom. The van der Waals surface area contributed by atoms with E-state index in [2.05, 4.69) is 15.5 Å². The lowest BCUT2D eigenvalue weighted by atomic mass is 10.1. The molecule has 0 saturated heterocycles. The first-order valence-electron chi connectivity index (χ1n) is 7.79. The summed E-state index contributed by atoms with van der Waals surface area (Å²) in [7, 11) is 4.58. The molecule has 0 aliphatic carbocycles. The van der Waals surface area contributed by atoms with Gasteiger partial charge in [-0.15, -0.1) is 5.10 Å². The topological polar surface area (TPSA) is 95.7 Å². The molecule has 0 saturated carbocycles. The fourth-order valence-electron chi connectivity index (χ4n) is 2.29. The van der Waals surface area contributed by atoms with Crippen molar-refractivity contribution in [1.29, 1.82) is 0 Å². The zero-order valence-electron chi connectivity index (χ0n) is 14.9. The number of carbonyl (C=O) groups excluding carboxylic acids is 1. The molecule has 0 bridgehead atoms. The Morgan fingerprint density at radius 3 is 2.48 bits per heavy atom. The van der Waals surface area contributed by atoms with E-state index in [-0.39, 0.29) is 6.01 Å². The van der Waals surface area contributed by atoms with Crippen molar-refractivity contribution in [3.8, 4) is 28.7 Å². The molecule has 0 fully saturated rings. The molecular formula is C18H17N3O5S. The number of nitrogens with one attached hydrogen (secondary N) is 1. The van der Waals surface area contributed by atoms with Gasteiger partial charge in [0.15, 0.2) is 11.5 Å². The Balaban J connectivity index is 1.71. The largest absolute Gasteiger partial charge is 0.493 e. The van der Waals surface area contributed by atoms with Crippen LogP contribution in [-0.4, -0.2) is 37.4 Å². The number of anilines is 1. The van der Waals surface area contributed by atoms with E-state index < -0.39 is 5.91 Å². The number of hydrogen-bond acceptors (Lipinski definition) is 8. The van der Waals surface area contributed by atoms with Crippen molar-refractivity contribution in [2.24, 2.45) is 0 Å². The van der Waals surface area contributed by atoms with Crippen LogP contribution >= 0.6 is 11.3 Å². The molecule has 0 aliphatic rings. The van der Waals surface area contributed by atoms with Gasteiger partial charge < -0.3 is 18.6 Å². The molecule has 0 unspecified atom stereocenters. The Bertz CT molecular complexity index is 925. The molecule has 0 aliphatic heterocycles. The van der Waals surface area contributed by atoms with Crippen molar-refractivity contribution in [3.63, 3.8) is 0 Å². The lowest BCUT2D eigenvalue weighted by Crippen LogP contribution is -2.07. The number of benzene rings is 1. The molecule has 2 heterocycles. The smallest absolute Gasteiger partial charge is 0.322 e. The SMILES string of the molecule is COc1cc(/C=C/C(=O)Nc2nnc(-c3ccsc3)o2)cc(OC)c1OC. The molecule has 0 radical (unpaired) electrons. The molecule has 1 amide bonds. The van der Waals surface area contributed by atoms with Gasteiger partial charge in [-0.25, -0.2) is 0 Å². The predicted octanol–water partition coefficient (Wildman–Crippen LogP) is 3.48. The first-order chi connectivity index (χ1) is 13.1. The standard InChI is InChI=1S/C18H17N3O5S/c1-23-13-8-11(9-14(24-2)16(13)25-3)4-5-15(22)19-18-21-20-17(26-18)12-6-7-27-10-12/h4-10H,1-3H3,(H,19,21,22)/b5-4+. The second-order valence-electron chi connectivity index (χ2n) is 5.21. The summed E-state index contributed by atoms with van der Waals surface area (Å²) in [4.78, 5) is 12.1. The highest BCUT2D eigenvalue weighted by Crippen LogP contribution is 2.38. The maximum absolute atomic E-state index is 12.1. The predicted molar refractivity (Wildman–Crippen MR) is 101 cm³/mol. The molecule has 2 aromatic heterocycles. The third kappa shape index (κ3) is 4.26. The molecule has 0 spiro atoms. The highest BCUT2D eigenvalue weighted by atomic mass is 32.1. The van der Waals surface area contributed by atoms with E-state index in [1.54, 1.807) is 18.2 Å². The lowest BCUT2D eigenvalue weighted by molar-refractivity contribution is -0.112. The second kappa shape index (κ2) is 8.37. The van der Waals surface area contributed by atoms with E-state index in [4.69, 9.17) is 18.6 Å². The third-order valence-electron chi connectivity index (χ3n) is 3.54. The van der Waals surface area contributed by atoms with Crippen molar-refractivity contribution in [3.05, 3.63) is 40.6 Å². The summed E-state index contributed by atoms with van der Waals surface area (Å²) in [6, 6.07) is 5.34. The number of ether oxygens (including phenoxy) is 3. The van der Waals surface area contributed by atoms with Crippen molar-refractivity contribution < 1.29 is 23.4 Å². The number of hydrogen-bond donors (Lipinski definition) is 1. The molecule has 9 heteroatoms. The summed E-state index contributed by atoms with van der Waals surface area (Å²) in [5.41, 5.74) is 1.50. The van der Waals surface area contributed by atoms with Crippen LogP contribution in [0.5, 0.6) is 17.2 Å². The Kier molecular flexibility index (Phi) is 5.72. The van der Waals surface area contributed by atoms with E-state index in [1.807, 2.05) is 16.8 Å². The van der Waals surface area contributed by atoms with Crippen LogP contribution in [-0.2, 0) is 4.79 Å². The highest BCUT2D eigenvalue weighted by Gasteiger charge is 2.13. The maximum Gasteiger partial charge on any atom is 0.322 e. The molecule has 1 N–H and O–H groups in total. The van der Waals surface area contributed by atoms with E-state index in [0.717, 1.165) is 5.56 Å². The summed E-state index contributed by atoms with van der Waals surface area (Å²) in [5.74, 6) is 1.40. The van der Waals surface area contributed by atoms with Gasteiger partial charge in [-0.2, -0.15) is 11.3 Å². The molecule has 3 aromatic rings. The number of carbonyl (C=O) groups is 1. The molecule has 0 atom stereocenters. The number of thiophene rings is 1. The van der Waals surface area contributed by atoms with Crippen LogP contribution in [0.25, 0.3) is 17.5 Å². The third-order valence-corrected chi connectivity index (χ3v) is 4.22. The minimum atomic E-state index is -0.413. The summed E-state index contributed by atoms with van der Waals surface area (Å²) in [6.45, 7) is 0. The number of amides is 1. The van der Waals surface area contributed by atoms with Crippen LogP contribution in [0.15, 0.2) is 39.5 Å². The summed E-state index contributed by atoms with van der Waals surface area (Å²) < 4.78 is 21.3. The van der Waals surface area contributed by atoms with Crippen molar-refractivity contribution in [2.75, 3.05) is 26.6 Å². The van der Waals surface area contributed by atoms with Gasteiger partial charge in [-0.05, 0) is 35.2 Å². The van der Waals surface area contributed by atoms with E-state index in [1.165, 1.54) is 38.7 Å². The number of nitrogens with zero attached hydrogens (tertiary/aromatic N) is 2. The lowest BCUT2D eigenvalue weighted by Gasteiger charge is -2.12. The summed E-state index contributed by atoms with van der Waals surface area (Å²) >= 11 is 1.52. The van der Waals surface area contributed by atoms with Crippen LogP contribution in [0, 0.1) is 0 Å². The van der Waals surface area contributed by atoms with Gasteiger partial charge >= 0.3 is 6.01 Å². The van der Waals surface area contributed by atoms with Gasteiger partial charge in [0.1, 0.15) is 0 Å². The number of methoxy groups -OCH3 is 3. The monoisotopic (exact) mass is 387 g/mol. The van der Waals surface area contributed by atoms with Crippen molar-refractivity contribution in [1.82, 2.24) is 10.2 Å². The first-order valence-corrected chi connectivity index (χ1v) is 8.74. The quantitative estimate of drug-likeness (QED) is 0.620. The van der Waals surface area contributed by atoms with E-state index >= 15 is 0 Å². The molecule has 8 nitrogen and oxygen atoms in total. The van der Waals surface area contributed by atoms with Gasteiger partial charge in [0.2, 0.25) is 5.75 Å². The van der Waals surface area contributed by atoms with Crippen molar-refractivity contribution in [2.45, 2.75) is 0 Å². The van der Waals surface area contributed by atoms with E-state index in [0.29, 0.717) is 28.7 Å². The van der Waals surface area contributed by atoms with Gasteiger partial charge in [0, 0.05) is 17.0 Å². The van der Waals surface area contributed by atoms with Crippen LogP contribution in [0.3, 0.4) is 0 Å². The molecule has 140 valence electrons. The molecular weight excluding hydrogens is 370 g/mol. The number of rotatable bonds is 7. The average molecular weight is 387 g/mol. The van der Waals surface area contributed by atoms with Gasteiger partial charge in [-0.1, -0.05) is 5.10 Å². The summed E-state index contributed by atoms with van der Waals surface area (Å²) in [6.07, 6.45) is 2.95. The van der Waals surface area contributed by atoms with Crippen LogP contribution < -0.4 is 19.5 Å². The molecule has 1 aromatic carbocycles. The molecule has 27 heavy (non-hydrogen) atoms. The Morgan fingerprint density at radius 1 is 1.15 bits per heavy atom. The zero-order chi connectivity index (χ0) is 19.2. The highest BCUT2D eigenvalue weighted by molar-refractivity contribution is 7.08. The van der Waals surface area contributed by atoms with Gasteiger partial charge in [0.25, 0.3) is 11.8 Å². The zero-order valence-corrected chi connectivity index (χ0v) is 15.7. The minimum Gasteiger partial charge on any atom is -0.493 e. The first kappa shape index (κ1) is 18.5. The second-order valence-corrected chi connectivity index (χ2v) is 5.99. The van der Waals surface area contributed by atoms with Crippen molar-refractivity contribution >= 4 is 29.3 Å². The minimum absolute atomic E-state index is 0.0238. The van der Waals surface area contributed by atoms with Crippen LogP contribution in [0.2, 0.25) is 0 Å². The maximum atomic E-state index is 12.1. The number of aromatic nitrogens is 2. The van der Waals surface area contributed by atoms with Gasteiger partial charge in [0.05, 0.1) is 21.3 Å². The molecule has 3 rings (SSSR count). The van der Waals surface area contributed by atoms with Crippen LogP contribution in [0.4, 0.5) is 6.01 Å². The average Bonchev–Trinajstić information content (AvgIpc) is 3.37. The fourth-order valence-corrected chi connectivity index (χ4v) is 2.92. The Hall–Kier alpha value is -3.33. The van der Waals surface area contributed by atoms with E-state index in [9.17, 15) is 4.79 Å². The summed E-state index contributed by atoms with van der Waals surface area (Å²) in [5, 5.41) is 14.0. The van der Waals surface area contributed by atoms with Crippen LogP contribution in [0.1, 0.15) is 5.56 Å².